The molecule has 0 amide bonds. The molecule has 0 unspecified atom stereocenters. The molecule has 10 aromatic carbocycles. The molecule has 4 nitrogen and oxygen atoms in total. The van der Waals surface area contributed by atoms with Crippen LogP contribution in [0.1, 0.15) is 25.0 Å². The van der Waals surface area contributed by atoms with Crippen LogP contribution in [0.3, 0.4) is 0 Å². The molecular formula is C66H46N4. The zero-order valence-electron chi connectivity index (χ0n) is 38.9. The van der Waals surface area contributed by atoms with Crippen LogP contribution in [0.2, 0.25) is 0 Å². The predicted molar refractivity (Wildman–Crippen MR) is 290 cm³/mol. The number of fused-ring (bicyclic) bond motifs is 6. The molecule has 1 aliphatic carbocycles. The van der Waals surface area contributed by atoms with Crippen molar-refractivity contribution in [2.45, 2.75) is 19.3 Å². The van der Waals surface area contributed by atoms with Gasteiger partial charge in [0.15, 0.2) is 17.5 Å². The fraction of sp³-hybridized carbons (Fsp3) is 0.0455. The molecule has 1 aliphatic rings. The van der Waals surface area contributed by atoms with Crippen molar-refractivity contribution in [2.75, 3.05) is 0 Å². The summed E-state index contributed by atoms with van der Waals surface area (Å²) in [5, 5.41) is 2.31. The number of rotatable bonds is 8. The lowest BCUT2D eigenvalue weighted by molar-refractivity contribution is 0.661. The first kappa shape index (κ1) is 41.2. The second-order valence-electron chi connectivity index (χ2n) is 18.8. The van der Waals surface area contributed by atoms with Crippen LogP contribution < -0.4 is 0 Å². The van der Waals surface area contributed by atoms with E-state index in [4.69, 9.17) is 15.0 Å². The monoisotopic (exact) mass is 894 g/mol. The van der Waals surface area contributed by atoms with Gasteiger partial charge in [0, 0.05) is 38.6 Å². The lowest BCUT2D eigenvalue weighted by atomic mass is 9.82. The van der Waals surface area contributed by atoms with Crippen molar-refractivity contribution in [1.82, 2.24) is 19.5 Å². The highest BCUT2D eigenvalue weighted by Gasteiger charge is 2.36. The van der Waals surface area contributed by atoms with E-state index >= 15 is 0 Å². The Hall–Kier alpha value is -8.99. The molecule has 13 rings (SSSR count). The van der Waals surface area contributed by atoms with Gasteiger partial charge in [-0.1, -0.05) is 202 Å². The molecule has 70 heavy (non-hydrogen) atoms. The molecule has 0 spiro atoms. The van der Waals surface area contributed by atoms with Crippen LogP contribution in [-0.4, -0.2) is 19.5 Å². The van der Waals surface area contributed by atoms with Crippen LogP contribution in [0.5, 0.6) is 0 Å². The second kappa shape index (κ2) is 16.7. The first-order chi connectivity index (χ1) is 34.5. The minimum Gasteiger partial charge on any atom is -0.309 e. The molecular weight excluding hydrogens is 849 g/mol. The van der Waals surface area contributed by atoms with Gasteiger partial charge < -0.3 is 4.57 Å². The van der Waals surface area contributed by atoms with E-state index in [0.29, 0.717) is 17.5 Å². The molecule has 0 aliphatic heterocycles. The number of aromatic nitrogens is 4. The van der Waals surface area contributed by atoms with Crippen molar-refractivity contribution in [1.29, 1.82) is 0 Å². The molecule has 0 saturated carbocycles. The number of hydrogen-bond donors (Lipinski definition) is 0. The van der Waals surface area contributed by atoms with E-state index in [2.05, 4.69) is 225 Å². The molecule has 2 aromatic heterocycles. The minimum absolute atomic E-state index is 0.177. The summed E-state index contributed by atoms with van der Waals surface area (Å²) in [5.41, 5.74) is 20.7. The third-order valence-corrected chi connectivity index (χ3v) is 14.2. The lowest BCUT2D eigenvalue weighted by Gasteiger charge is -2.22. The van der Waals surface area contributed by atoms with Gasteiger partial charge in [0.2, 0.25) is 0 Å². The summed E-state index contributed by atoms with van der Waals surface area (Å²) in [7, 11) is 0. The van der Waals surface area contributed by atoms with Gasteiger partial charge in [-0.3, -0.25) is 0 Å². The molecule has 0 fully saturated rings. The smallest absolute Gasteiger partial charge is 0.164 e. The topological polar surface area (TPSA) is 43.6 Å². The van der Waals surface area contributed by atoms with Crippen LogP contribution in [0.4, 0.5) is 0 Å². The zero-order valence-corrected chi connectivity index (χ0v) is 38.9. The molecule has 0 bridgehead atoms. The van der Waals surface area contributed by atoms with Crippen molar-refractivity contribution in [3.63, 3.8) is 0 Å². The van der Waals surface area contributed by atoms with Crippen molar-refractivity contribution in [2.24, 2.45) is 0 Å². The van der Waals surface area contributed by atoms with Crippen molar-refractivity contribution < 1.29 is 0 Å². The van der Waals surface area contributed by atoms with Crippen molar-refractivity contribution in [3.8, 4) is 95.5 Å². The molecule has 330 valence electrons. The fourth-order valence-corrected chi connectivity index (χ4v) is 10.8. The number of nitrogens with zero attached hydrogens (tertiary/aromatic N) is 4. The zero-order chi connectivity index (χ0) is 46.8. The molecule has 12 aromatic rings. The molecule has 0 saturated heterocycles. The van der Waals surface area contributed by atoms with E-state index in [1.54, 1.807) is 0 Å². The van der Waals surface area contributed by atoms with Crippen molar-refractivity contribution >= 4 is 21.8 Å². The second-order valence-corrected chi connectivity index (χ2v) is 18.8. The van der Waals surface area contributed by atoms with Crippen molar-refractivity contribution in [3.05, 3.63) is 254 Å². The Morgan fingerprint density at radius 1 is 0.300 bits per heavy atom. The Balaban J connectivity index is 1.04. The SMILES string of the molecule is CC1(C)c2ccccc2-c2cc3c4cc(-c5nc(-c6ccccc6)nc(-c6ccccc6)n5)ccc4n(-c4cccc(-c5cc(-c6ccccc6)c(-c6ccccc6)c(-c6ccccc6)c5)c4)c3cc21. The molecule has 0 atom stereocenters. The van der Waals surface area contributed by atoms with Crippen LogP contribution in [0.15, 0.2) is 243 Å². The Bertz CT molecular complexity index is 3820. The number of hydrogen-bond acceptors (Lipinski definition) is 3. The van der Waals surface area contributed by atoms with Crippen LogP contribution in [0.25, 0.3) is 117 Å². The molecule has 0 radical (unpaired) electrons. The third-order valence-electron chi connectivity index (χ3n) is 14.2. The summed E-state index contributed by atoms with van der Waals surface area (Å²) in [6.45, 7) is 4.72. The summed E-state index contributed by atoms with van der Waals surface area (Å²) in [5.74, 6) is 1.92. The first-order valence-corrected chi connectivity index (χ1v) is 24.0. The van der Waals surface area contributed by atoms with E-state index in [0.717, 1.165) is 49.9 Å². The lowest BCUT2D eigenvalue weighted by Crippen LogP contribution is -2.14. The Morgan fingerprint density at radius 2 is 0.786 bits per heavy atom. The summed E-state index contributed by atoms with van der Waals surface area (Å²) >= 11 is 0. The maximum absolute atomic E-state index is 5.16. The van der Waals surface area contributed by atoms with Crippen LogP contribution in [0, 0.1) is 0 Å². The summed E-state index contributed by atoms with van der Waals surface area (Å²) in [6.07, 6.45) is 0. The van der Waals surface area contributed by atoms with Gasteiger partial charge >= 0.3 is 0 Å². The first-order valence-electron chi connectivity index (χ1n) is 24.0. The van der Waals surface area contributed by atoms with Gasteiger partial charge in [0.25, 0.3) is 0 Å². The highest BCUT2D eigenvalue weighted by molar-refractivity contribution is 6.13. The maximum atomic E-state index is 5.16. The molecule has 2 heterocycles. The minimum atomic E-state index is -0.177. The summed E-state index contributed by atoms with van der Waals surface area (Å²) < 4.78 is 2.46. The standard InChI is InChI=1S/C66H46N4/c1-66(2)58-34-19-18-33-52(58)55-41-57-56-38-49(65-68-63(46-27-14-6-15-28-46)67-64(69-65)47-29-16-7-17-30-47)35-36-60(56)70(61(57)42-59(55)66)51-32-20-31-48(37-51)50-39-53(43-21-8-3-9-22-43)62(45-25-12-5-13-26-45)54(40-50)44-23-10-4-11-24-44/h3-42H,1-2H3. The van der Waals surface area contributed by atoms with Crippen LogP contribution >= 0.6 is 0 Å². The average molecular weight is 895 g/mol. The number of benzene rings is 10. The van der Waals surface area contributed by atoms with E-state index < -0.39 is 0 Å². The van der Waals surface area contributed by atoms with Gasteiger partial charge in [-0.2, -0.15) is 0 Å². The average Bonchev–Trinajstić information content (AvgIpc) is 3.87. The molecule has 0 N–H and O–H groups in total. The van der Waals surface area contributed by atoms with E-state index in [9.17, 15) is 0 Å². The highest BCUT2D eigenvalue weighted by atomic mass is 15.0. The van der Waals surface area contributed by atoms with E-state index in [1.807, 2.05) is 36.4 Å². The largest absolute Gasteiger partial charge is 0.309 e. The van der Waals surface area contributed by atoms with Gasteiger partial charge in [0.05, 0.1) is 11.0 Å². The fourth-order valence-electron chi connectivity index (χ4n) is 10.8. The quantitative estimate of drug-likeness (QED) is 0.153. The Labute approximate surface area is 407 Å². The normalized spacial score (nSPS) is 12.5. The molecule has 4 heteroatoms. The maximum Gasteiger partial charge on any atom is 0.164 e. The van der Waals surface area contributed by atoms with Gasteiger partial charge in [0.1, 0.15) is 0 Å². The highest BCUT2D eigenvalue weighted by Crippen LogP contribution is 2.51. The summed E-state index contributed by atoms with van der Waals surface area (Å²) in [4.78, 5) is 15.3. The Morgan fingerprint density at radius 3 is 1.37 bits per heavy atom. The van der Waals surface area contributed by atoms with Gasteiger partial charge in [-0.15, -0.1) is 0 Å². The third kappa shape index (κ3) is 6.95. The van der Waals surface area contributed by atoms with E-state index in [-0.39, 0.29) is 5.41 Å². The van der Waals surface area contributed by atoms with Gasteiger partial charge in [-0.25, -0.2) is 15.0 Å². The predicted octanol–water partition coefficient (Wildman–Crippen LogP) is 16.9. The van der Waals surface area contributed by atoms with Crippen LogP contribution in [-0.2, 0) is 5.41 Å². The van der Waals surface area contributed by atoms with Gasteiger partial charge in [-0.05, 0) is 121 Å². The Kier molecular flexibility index (Phi) is 9.81. The van der Waals surface area contributed by atoms with E-state index in [1.165, 1.54) is 61.0 Å². The summed E-state index contributed by atoms with van der Waals surface area (Å²) in [6, 6.07) is 87.2.